The quantitative estimate of drug-likeness (QED) is 0.178. The van der Waals surface area contributed by atoms with E-state index in [2.05, 4.69) is 31.9 Å². The maximum atomic E-state index is 13.7. The smallest absolute Gasteiger partial charge is 0.407 e. The summed E-state index contributed by atoms with van der Waals surface area (Å²) in [7, 11) is 2.69. The Hall–Kier alpha value is -3.23. The molecule has 1 aromatic rings. The first kappa shape index (κ1) is 34.3. The summed E-state index contributed by atoms with van der Waals surface area (Å²) in [6.45, 7) is 0.480. The van der Waals surface area contributed by atoms with Crippen LogP contribution >= 0.6 is 39.1 Å². The highest BCUT2D eigenvalue weighted by atomic mass is 79.9. The van der Waals surface area contributed by atoms with E-state index in [0.717, 1.165) is 0 Å². The number of ether oxygens (including phenoxy) is 4. The Labute approximate surface area is 267 Å². The molecule has 0 radical (unpaired) electrons. The van der Waals surface area contributed by atoms with E-state index < -0.39 is 54.3 Å². The van der Waals surface area contributed by atoms with Gasteiger partial charge in [0, 0.05) is 47.9 Å². The highest BCUT2D eigenvalue weighted by Gasteiger charge is 2.44. The van der Waals surface area contributed by atoms with Gasteiger partial charge < -0.3 is 39.8 Å². The van der Waals surface area contributed by atoms with Crippen LogP contribution in [0.4, 0.5) is 9.59 Å². The average Bonchev–Trinajstić information content (AvgIpc) is 3.49. The van der Waals surface area contributed by atoms with Crippen molar-refractivity contribution in [1.29, 1.82) is 0 Å². The Morgan fingerprint density at radius 3 is 2.33 bits per heavy atom. The number of hydrogen-bond donors (Lipinski definition) is 3. The zero-order valence-corrected chi connectivity index (χ0v) is 26.6. The van der Waals surface area contributed by atoms with E-state index >= 15 is 0 Å². The molecule has 0 spiro atoms. The Morgan fingerprint density at radius 2 is 1.70 bits per heavy atom. The predicted octanol–water partition coefficient (Wildman–Crippen LogP) is 2.72. The second-order valence-electron chi connectivity index (χ2n) is 9.47. The molecule has 2 aliphatic rings. The predicted molar refractivity (Wildman–Crippen MR) is 159 cm³/mol. The molecule has 1 fully saturated rings. The van der Waals surface area contributed by atoms with Crippen LogP contribution < -0.4 is 20.7 Å². The molecule has 3 rings (SSSR count). The number of alkyl halides is 2. The molecule has 13 nitrogen and oxygen atoms in total. The first-order valence-electron chi connectivity index (χ1n) is 13.4. The number of carbonyl (C=O) groups excluding carboxylic acids is 5. The van der Waals surface area contributed by atoms with Gasteiger partial charge in [0.2, 0.25) is 5.91 Å². The highest BCUT2D eigenvalue weighted by Crippen LogP contribution is 2.30. The molecule has 16 heteroatoms. The van der Waals surface area contributed by atoms with Crippen molar-refractivity contribution < 1.29 is 42.9 Å². The SMILES string of the molecule is COC(=O)[C@H]1CCCN1C(=O)C1=C[C@@H](NC(=O)c2cc(OC)ccc2Br)[C@@H](OC(=O)NCCCl)[C@H](OC(=O)NCCCl)C1. The van der Waals surface area contributed by atoms with Gasteiger partial charge in [0.25, 0.3) is 5.91 Å². The molecule has 3 N–H and O–H groups in total. The first-order chi connectivity index (χ1) is 20.6. The van der Waals surface area contributed by atoms with E-state index in [1.807, 2.05) is 0 Å². The molecule has 0 saturated carbocycles. The van der Waals surface area contributed by atoms with Crippen LogP contribution in [-0.2, 0) is 23.8 Å². The maximum Gasteiger partial charge on any atom is 0.407 e. The largest absolute Gasteiger partial charge is 0.497 e. The van der Waals surface area contributed by atoms with Gasteiger partial charge in [0.1, 0.15) is 17.9 Å². The molecular formula is C27H33BrCl2N4O9. The van der Waals surface area contributed by atoms with Crippen LogP contribution in [0.25, 0.3) is 0 Å². The molecule has 43 heavy (non-hydrogen) atoms. The summed E-state index contributed by atoms with van der Waals surface area (Å²) in [5.41, 5.74) is 0.334. The van der Waals surface area contributed by atoms with Crippen molar-refractivity contribution >= 4 is 69.1 Å². The van der Waals surface area contributed by atoms with Crippen molar-refractivity contribution in [2.75, 3.05) is 45.6 Å². The molecule has 236 valence electrons. The molecule has 1 saturated heterocycles. The van der Waals surface area contributed by atoms with Crippen molar-refractivity contribution in [3.63, 3.8) is 0 Å². The summed E-state index contributed by atoms with van der Waals surface area (Å²) < 4.78 is 21.8. The Bertz CT molecular complexity index is 1230. The summed E-state index contributed by atoms with van der Waals surface area (Å²) in [6, 6.07) is 2.84. The molecule has 0 bridgehead atoms. The summed E-state index contributed by atoms with van der Waals surface area (Å²) in [5, 5.41) is 7.72. The van der Waals surface area contributed by atoms with E-state index in [-0.39, 0.29) is 42.4 Å². The minimum atomic E-state index is -1.27. The molecule has 0 unspecified atom stereocenters. The van der Waals surface area contributed by atoms with Crippen molar-refractivity contribution in [3.8, 4) is 5.75 Å². The number of halogens is 3. The number of likely N-dealkylation sites (tertiary alicyclic amines) is 1. The van der Waals surface area contributed by atoms with Crippen LogP contribution in [-0.4, -0.2) is 105 Å². The Morgan fingerprint density at radius 1 is 1.02 bits per heavy atom. The number of esters is 1. The molecule has 1 aliphatic carbocycles. The monoisotopic (exact) mass is 706 g/mol. The van der Waals surface area contributed by atoms with E-state index in [4.69, 9.17) is 42.1 Å². The third kappa shape index (κ3) is 9.13. The molecular weight excluding hydrogens is 675 g/mol. The topological polar surface area (TPSA) is 162 Å². The third-order valence-electron chi connectivity index (χ3n) is 6.73. The summed E-state index contributed by atoms with van der Waals surface area (Å²) >= 11 is 14.7. The zero-order chi connectivity index (χ0) is 31.5. The molecule has 4 amide bonds. The summed E-state index contributed by atoms with van der Waals surface area (Å²) in [4.78, 5) is 66.2. The number of benzene rings is 1. The summed E-state index contributed by atoms with van der Waals surface area (Å²) in [5.74, 6) is -1.02. The standard InChI is InChI=1S/C27H33BrCl2N4O9/c1-40-16-5-6-18(28)17(14-16)23(35)33-19-12-15(24(36)34-11-3-4-20(34)25(37)41-2)13-21(42-26(38)31-9-7-29)22(19)43-27(39)32-10-8-30/h5-6,12,14,19-22H,3-4,7-11,13H2,1-2H3,(H,31,38)(H,32,39)(H,33,35)/t19-,20-,21-,22-/m1/s1. The Kier molecular flexibility index (Phi) is 13.2. The van der Waals surface area contributed by atoms with Crippen molar-refractivity contribution in [2.45, 2.75) is 43.6 Å². The fourth-order valence-corrected chi connectivity index (χ4v) is 5.35. The van der Waals surface area contributed by atoms with Crippen LogP contribution in [0.5, 0.6) is 5.75 Å². The first-order valence-corrected chi connectivity index (χ1v) is 15.2. The van der Waals surface area contributed by atoms with Crippen molar-refractivity contribution in [3.05, 3.63) is 39.9 Å². The molecule has 4 atom stereocenters. The normalized spacial score (nSPS) is 21.2. The number of nitrogens with zero attached hydrogens (tertiary/aromatic N) is 1. The summed E-state index contributed by atoms with van der Waals surface area (Å²) in [6.07, 6.45) is -1.98. The van der Waals surface area contributed by atoms with Gasteiger partial charge in [-0.05, 0) is 53.0 Å². The third-order valence-corrected chi connectivity index (χ3v) is 7.80. The van der Waals surface area contributed by atoms with E-state index in [0.29, 0.717) is 29.6 Å². The number of alkyl carbamates (subject to hydrolysis) is 2. The minimum absolute atomic E-state index is 0.0894. The number of amides is 4. The van der Waals surface area contributed by atoms with Crippen molar-refractivity contribution in [1.82, 2.24) is 20.9 Å². The Balaban J connectivity index is 2.02. The van der Waals surface area contributed by atoms with Gasteiger partial charge in [-0.25, -0.2) is 14.4 Å². The van der Waals surface area contributed by atoms with Gasteiger partial charge >= 0.3 is 18.2 Å². The highest BCUT2D eigenvalue weighted by molar-refractivity contribution is 9.10. The zero-order valence-electron chi connectivity index (χ0n) is 23.5. The number of methoxy groups -OCH3 is 2. The number of carbonyl (C=O) groups is 5. The lowest BCUT2D eigenvalue weighted by molar-refractivity contribution is -0.150. The molecule has 1 aliphatic heterocycles. The van der Waals surface area contributed by atoms with Crippen LogP contribution in [0.2, 0.25) is 0 Å². The van der Waals surface area contributed by atoms with Gasteiger partial charge in [-0.1, -0.05) is 0 Å². The van der Waals surface area contributed by atoms with E-state index in [9.17, 15) is 24.0 Å². The molecule has 1 aromatic carbocycles. The lowest BCUT2D eigenvalue weighted by Crippen LogP contribution is -2.55. The van der Waals surface area contributed by atoms with Crippen molar-refractivity contribution in [2.24, 2.45) is 0 Å². The van der Waals surface area contributed by atoms with Gasteiger partial charge in [-0.3, -0.25) is 9.59 Å². The molecule has 1 heterocycles. The van der Waals surface area contributed by atoms with Gasteiger partial charge in [0.05, 0.1) is 25.8 Å². The van der Waals surface area contributed by atoms with Gasteiger partial charge in [-0.2, -0.15) is 0 Å². The van der Waals surface area contributed by atoms with E-state index in [1.54, 1.807) is 12.1 Å². The fourth-order valence-electron chi connectivity index (χ4n) is 4.74. The van der Waals surface area contributed by atoms with Gasteiger partial charge in [0.15, 0.2) is 6.10 Å². The second-order valence-corrected chi connectivity index (χ2v) is 11.1. The lowest BCUT2D eigenvalue weighted by atomic mass is 9.89. The fraction of sp³-hybridized carbons (Fsp3) is 0.519. The number of hydrogen-bond acceptors (Lipinski definition) is 9. The lowest BCUT2D eigenvalue weighted by Gasteiger charge is -2.37. The number of rotatable bonds is 11. The second kappa shape index (κ2) is 16.6. The van der Waals surface area contributed by atoms with Crippen LogP contribution in [0.1, 0.15) is 29.6 Å². The van der Waals surface area contributed by atoms with E-state index in [1.165, 1.54) is 31.3 Å². The minimum Gasteiger partial charge on any atom is -0.497 e. The number of nitrogens with one attached hydrogen (secondary N) is 3. The van der Waals surface area contributed by atoms with Crippen LogP contribution in [0.15, 0.2) is 34.3 Å². The maximum absolute atomic E-state index is 13.7. The molecule has 0 aromatic heterocycles. The van der Waals surface area contributed by atoms with Gasteiger partial charge in [-0.15, -0.1) is 23.2 Å². The van der Waals surface area contributed by atoms with Crippen LogP contribution in [0, 0.1) is 0 Å². The average molecular weight is 708 g/mol. The van der Waals surface area contributed by atoms with Crippen LogP contribution in [0.3, 0.4) is 0 Å².